The first-order valence-corrected chi connectivity index (χ1v) is 11.6. The van der Waals surface area contributed by atoms with Crippen molar-refractivity contribution in [2.75, 3.05) is 29.9 Å². The van der Waals surface area contributed by atoms with E-state index in [1.807, 2.05) is 50.0 Å². The number of aromatic nitrogens is 5. The first-order valence-electron chi connectivity index (χ1n) is 11.6. The number of aryl methyl sites for hydroxylation is 3. The maximum Gasteiger partial charge on any atom is 0.259 e. The molecule has 0 saturated carbocycles. The Morgan fingerprint density at radius 3 is 2.91 bits per heavy atom. The lowest BCUT2D eigenvalue weighted by atomic mass is 9.92. The van der Waals surface area contributed by atoms with Gasteiger partial charge >= 0.3 is 0 Å². The molecule has 0 spiro atoms. The van der Waals surface area contributed by atoms with Gasteiger partial charge in [0.05, 0.1) is 23.1 Å². The second-order valence-electron chi connectivity index (χ2n) is 9.32. The fourth-order valence-electron chi connectivity index (χ4n) is 5.48. The topological polar surface area (TPSA) is 92.4 Å². The van der Waals surface area contributed by atoms with Crippen molar-refractivity contribution in [1.82, 2.24) is 29.5 Å². The smallest absolute Gasteiger partial charge is 0.259 e. The number of fused-ring (bicyclic) bond motifs is 3. The second-order valence-corrected chi connectivity index (χ2v) is 9.32. The largest absolute Gasteiger partial charge is 0.371 e. The molecule has 2 atom stereocenters. The summed E-state index contributed by atoms with van der Waals surface area (Å²) >= 11 is 0. The summed E-state index contributed by atoms with van der Waals surface area (Å²) in [5.74, 6) is 0.972. The van der Waals surface area contributed by atoms with Crippen LogP contribution >= 0.6 is 0 Å². The summed E-state index contributed by atoms with van der Waals surface area (Å²) < 4.78 is 3.69. The van der Waals surface area contributed by atoms with Gasteiger partial charge in [0.25, 0.3) is 5.91 Å². The van der Waals surface area contributed by atoms with Crippen LogP contribution in [-0.2, 0) is 7.05 Å². The van der Waals surface area contributed by atoms with Crippen molar-refractivity contribution >= 4 is 34.0 Å². The van der Waals surface area contributed by atoms with Gasteiger partial charge in [-0.3, -0.25) is 14.5 Å². The Morgan fingerprint density at radius 1 is 1.15 bits per heavy atom. The molecular weight excluding hydrogens is 416 g/mol. The minimum absolute atomic E-state index is 0.213. The van der Waals surface area contributed by atoms with Gasteiger partial charge in [0.2, 0.25) is 0 Å². The third-order valence-corrected chi connectivity index (χ3v) is 6.98. The molecule has 1 aromatic carbocycles. The zero-order valence-electron chi connectivity index (χ0n) is 19.2. The third kappa shape index (κ3) is 3.43. The Hall–Kier alpha value is -3.46. The number of carbonyl (C=O) groups is 1. The molecule has 2 fully saturated rings. The summed E-state index contributed by atoms with van der Waals surface area (Å²) in [6.45, 7) is 7.03. The minimum Gasteiger partial charge on any atom is -0.371 e. The van der Waals surface area contributed by atoms with Crippen LogP contribution in [0.15, 0.2) is 30.7 Å². The maximum absolute atomic E-state index is 13.3. The zero-order valence-corrected chi connectivity index (χ0v) is 19.2. The lowest BCUT2D eigenvalue weighted by molar-refractivity contribution is 0.102. The van der Waals surface area contributed by atoms with Gasteiger partial charge in [-0.1, -0.05) is 0 Å². The fraction of sp³-hybridized carbons (Fsp3) is 0.417. The van der Waals surface area contributed by atoms with Crippen molar-refractivity contribution in [2.24, 2.45) is 13.0 Å². The number of anilines is 2. The maximum atomic E-state index is 13.3. The average Bonchev–Trinajstić information content (AvgIpc) is 3.49. The molecule has 2 unspecified atom stereocenters. The molecule has 6 rings (SSSR count). The summed E-state index contributed by atoms with van der Waals surface area (Å²) in [6, 6.07) is 4.61. The van der Waals surface area contributed by atoms with E-state index in [1.54, 1.807) is 4.68 Å². The van der Waals surface area contributed by atoms with E-state index in [1.165, 1.54) is 6.42 Å². The van der Waals surface area contributed by atoms with Crippen LogP contribution in [0, 0.1) is 19.8 Å². The Labute approximate surface area is 191 Å². The first kappa shape index (κ1) is 20.2. The van der Waals surface area contributed by atoms with Crippen LogP contribution in [0.2, 0.25) is 0 Å². The van der Waals surface area contributed by atoms with Gasteiger partial charge in [-0.25, -0.2) is 4.98 Å². The number of hydrogen-bond acceptors (Lipinski definition) is 6. The van der Waals surface area contributed by atoms with Crippen LogP contribution in [0.25, 0.3) is 16.6 Å². The van der Waals surface area contributed by atoms with E-state index in [9.17, 15) is 4.79 Å². The van der Waals surface area contributed by atoms with Crippen LogP contribution < -0.4 is 15.5 Å². The summed E-state index contributed by atoms with van der Waals surface area (Å²) in [7, 11) is 1.90. The summed E-state index contributed by atoms with van der Waals surface area (Å²) in [4.78, 5) is 24.7. The van der Waals surface area contributed by atoms with Gasteiger partial charge in [0.1, 0.15) is 5.52 Å². The molecule has 9 heteroatoms. The molecule has 170 valence electrons. The number of rotatable bonds is 3. The Kier molecular flexibility index (Phi) is 4.62. The average molecular weight is 445 g/mol. The van der Waals surface area contributed by atoms with Gasteiger partial charge in [-0.05, 0) is 51.3 Å². The standard InChI is InChI=1S/C24H28N8O/c1-14-10-32-13-21(27-23(32)15(2)26-14)28-24(33)17-4-5-20(18-12-30(3)29-22(17)18)31-9-7-19-16(11-31)6-8-25-19/h4-5,10,12-13,16,19,25H,6-9,11H2,1-3H3,(H,28,33). The molecular formula is C24H28N8O. The highest BCUT2D eigenvalue weighted by molar-refractivity contribution is 6.13. The monoisotopic (exact) mass is 444 g/mol. The highest BCUT2D eigenvalue weighted by Crippen LogP contribution is 2.34. The van der Waals surface area contributed by atoms with Crippen molar-refractivity contribution < 1.29 is 4.79 Å². The van der Waals surface area contributed by atoms with Gasteiger partial charge < -0.3 is 19.9 Å². The number of piperidine rings is 1. The molecule has 4 aromatic rings. The van der Waals surface area contributed by atoms with E-state index in [0.717, 1.165) is 59.7 Å². The van der Waals surface area contributed by atoms with E-state index in [-0.39, 0.29) is 5.91 Å². The molecule has 0 aliphatic carbocycles. The van der Waals surface area contributed by atoms with Crippen LogP contribution in [-0.4, -0.2) is 55.7 Å². The molecule has 3 aromatic heterocycles. The van der Waals surface area contributed by atoms with Crippen molar-refractivity contribution in [3.8, 4) is 0 Å². The lowest BCUT2D eigenvalue weighted by Crippen LogP contribution is -2.44. The number of hydrogen-bond donors (Lipinski definition) is 2. The summed E-state index contributed by atoms with van der Waals surface area (Å²) in [6.07, 6.45) is 8.11. The molecule has 2 aliphatic heterocycles. The Morgan fingerprint density at radius 2 is 2.03 bits per heavy atom. The van der Waals surface area contributed by atoms with Crippen LogP contribution in [0.5, 0.6) is 0 Å². The first-order chi connectivity index (χ1) is 16.0. The highest BCUT2D eigenvalue weighted by atomic mass is 16.1. The van der Waals surface area contributed by atoms with Crippen LogP contribution in [0.4, 0.5) is 11.5 Å². The minimum atomic E-state index is -0.213. The quantitative estimate of drug-likeness (QED) is 0.505. The number of imidazole rings is 1. The van der Waals surface area contributed by atoms with Crippen LogP contribution in [0.3, 0.4) is 0 Å². The molecule has 2 aliphatic rings. The molecule has 33 heavy (non-hydrogen) atoms. The van der Waals surface area contributed by atoms with E-state index in [2.05, 4.69) is 36.7 Å². The van der Waals surface area contributed by atoms with Gasteiger partial charge in [0.15, 0.2) is 11.5 Å². The van der Waals surface area contributed by atoms with E-state index in [4.69, 9.17) is 0 Å². The van der Waals surface area contributed by atoms with Crippen molar-refractivity contribution in [1.29, 1.82) is 0 Å². The molecule has 2 saturated heterocycles. The van der Waals surface area contributed by atoms with Gasteiger partial charge in [-0.2, -0.15) is 5.10 Å². The number of nitrogens with zero attached hydrogens (tertiary/aromatic N) is 6. The van der Waals surface area contributed by atoms with Crippen molar-refractivity contribution in [3.05, 3.63) is 47.7 Å². The number of nitrogens with one attached hydrogen (secondary N) is 2. The number of carbonyl (C=O) groups excluding carboxylic acids is 1. The van der Waals surface area contributed by atoms with E-state index in [0.29, 0.717) is 23.3 Å². The molecule has 0 bridgehead atoms. The predicted octanol–water partition coefficient (Wildman–Crippen LogP) is 2.67. The third-order valence-electron chi connectivity index (χ3n) is 6.98. The second kappa shape index (κ2) is 7.55. The van der Waals surface area contributed by atoms with E-state index >= 15 is 0 Å². The van der Waals surface area contributed by atoms with Crippen molar-refractivity contribution in [3.63, 3.8) is 0 Å². The fourth-order valence-corrected chi connectivity index (χ4v) is 5.48. The lowest BCUT2D eigenvalue weighted by Gasteiger charge is -2.36. The van der Waals surface area contributed by atoms with Gasteiger partial charge in [-0.15, -0.1) is 0 Å². The number of benzene rings is 1. The molecule has 9 nitrogen and oxygen atoms in total. The molecule has 1 amide bonds. The Balaban J connectivity index is 1.32. The molecule has 2 N–H and O–H groups in total. The number of amides is 1. The Bertz CT molecular complexity index is 1390. The molecule has 5 heterocycles. The normalized spacial score (nSPS) is 20.5. The molecule has 0 radical (unpaired) electrons. The summed E-state index contributed by atoms with van der Waals surface area (Å²) in [5.41, 5.74) is 4.89. The predicted molar refractivity (Wildman–Crippen MR) is 128 cm³/mol. The summed E-state index contributed by atoms with van der Waals surface area (Å²) in [5, 5.41) is 12.2. The van der Waals surface area contributed by atoms with Crippen molar-refractivity contribution in [2.45, 2.75) is 32.7 Å². The zero-order chi connectivity index (χ0) is 22.7. The van der Waals surface area contributed by atoms with E-state index < -0.39 is 0 Å². The highest BCUT2D eigenvalue weighted by Gasteiger charge is 2.33. The van der Waals surface area contributed by atoms with Gasteiger partial charge in [0, 0.05) is 49.6 Å². The van der Waals surface area contributed by atoms with Crippen LogP contribution in [0.1, 0.15) is 34.6 Å². The SMILES string of the molecule is Cc1cn2cc(NC(=O)c3ccc(N4CCC5NCCC5C4)c4cn(C)nc34)nc2c(C)n1.